The Hall–Kier alpha value is -2.32. The largest absolute Gasteiger partial charge is 0.494 e. The van der Waals surface area contributed by atoms with Crippen molar-refractivity contribution < 1.29 is 18.8 Å². The van der Waals surface area contributed by atoms with Crippen LogP contribution < -0.4 is 9.64 Å². The number of carbonyl (C=O) groups is 1. The maximum absolute atomic E-state index is 12.2. The van der Waals surface area contributed by atoms with Gasteiger partial charge in [0, 0.05) is 38.3 Å². The first kappa shape index (κ1) is 23.4. The van der Waals surface area contributed by atoms with Crippen LogP contribution in [0.5, 0.6) is 5.75 Å². The molecule has 3 aliphatic rings. The number of methoxy groups -OCH3 is 1. The number of nitrogens with zero attached hydrogens (tertiary/aromatic N) is 4. The lowest BCUT2D eigenvalue weighted by atomic mass is 9.90. The third kappa shape index (κ3) is 5.49. The first-order valence-corrected chi connectivity index (χ1v) is 12.7. The Morgan fingerprint density at radius 1 is 1.24 bits per heavy atom. The van der Waals surface area contributed by atoms with E-state index < -0.39 is 0 Å². The third-order valence-corrected chi connectivity index (χ3v) is 7.81. The predicted octanol–water partition coefficient (Wildman–Crippen LogP) is 3.97. The highest BCUT2D eigenvalue weighted by Crippen LogP contribution is 2.50. The SMILES string of the molecule is COCc1noc(N2CCC([C@H]3C[C@H]3CCOc3ccc(CC(=O)N4CCC4)c(Cl)c3)CC2)n1. The first-order chi connectivity index (χ1) is 16.6. The molecular formula is C25H33ClN4O4. The number of benzene rings is 1. The van der Waals surface area contributed by atoms with Crippen molar-refractivity contribution in [2.45, 2.75) is 45.1 Å². The molecule has 184 valence electrons. The number of hydrogen-bond acceptors (Lipinski definition) is 7. The molecule has 8 nitrogen and oxygen atoms in total. The van der Waals surface area contributed by atoms with Crippen molar-refractivity contribution in [3.05, 3.63) is 34.6 Å². The summed E-state index contributed by atoms with van der Waals surface area (Å²) in [6, 6.07) is 6.31. The molecule has 0 N–H and O–H groups in total. The van der Waals surface area contributed by atoms with Crippen LogP contribution in [0, 0.1) is 17.8 Å². The van der Waals surface area contributed by atoms with Gasteiger partial charge in [-0.2, -0.15) is 4.98 Å². The number of anilines is 1. The minimum absolute atomic E-state index is 0.153. The smallest absolute Gasteiger partial charge is 0.324 e. The highest BCUT2D eigenvalue weighted by molar-refractivity contribution is 6.31. The van der Waals surface area contributed by atoms with Gasteiger partial charge in [0.25, 0.3) is 0 Å². The number of ether oxygens (including phenoxy) is 2. The molecule has 2 aliphatic heterocycles. The van der Waals surface area contributed by atoms with E-state index in [1.54, 1.807) is 7.11 Å². The number of aromatic nitrogens is 2. The second-order valence-electron chi connectivity index (χ2n) is 9.71. The van der Waals surface area contributed by atoms with Crippen molar-refractivity contribution in [2.75, 3.05) is 44.8 Å². The van der Waals surface area contributed by atoms with Crippen LogP contribution in [-0.4, -0.2) is 60.8 Å². The van der Waals surface area contributed by atoms with Crippen molar-refractivity contribution in [3.63, 3.8) is 0 Å². The van der Waals surface area contributed by atoms with Crippen molar-refractivity contribution in [1.82, 2.24) is 15.0 Å². The summed E-state index contributed by atoms with van der Waals surface area (Å²) in [5.41, 5.74) is 0.870. The third-order valence-electron chi connectivity index (χ3n) is 7.46. The zero-order valence-corrected chi connectivity index (χ0v) is 20.5. The topological polar surface area (TPSA) is 80.9 Å². The molecule has 0 spiro atoms. The fourth-order valence-electron chi connectivity index (χ4n) is 5.19. The fourth-order valence-corrected chi connectivity index (χ4v) is 5.43. The highest BCUT2D eigenvalue weighted by atomic mass is 35.5. The Morgan fingerprint density at radius 3 is 2.76 bits per heavy atom. The lowest BCUT2D eigenvalue weighted by molar-refractivity contribution is -0.133. The molecule has 5 rings (SSSR count). The van der Waals surface area contributed by atoms with Gasteiger partial charge in [-0.1, -0.05) is 22.8 Å². The maximum Gasteiger partial charge on any atom is 0.324 e. The van der Waals surface area contributed by atoms with Gasteiger partial charge in [0.2, 0.25) is 5.91 Å². The standard InChI is InChI=1S/C25H33ClN4O4/c1-32-16-23-27-25(34-28-23)30-10-5-17(6-11-30)21-13-18(21)7-12-33-20-4-3-19(22(26)15-20)14-24(31)29-8-2-9-29/h3-4,15,17-18,21H,2,5-14,16H2,1H3/t18-,21-/m1/s1. The summed E-state index contributed by atoms with van der Waals surface area (Å²) in [6.07, 6.45) is 6.16. The Morgan fingerprint density at radius 2 is 2.06 bits per heavy atom. The van der Waals surface area contributed by atoms with E-state index in [1.165, 1.54) is 6.42 Å². The molecule has 3 heterocycles. The van der Waals surface area contributed by atoms with E-state index in [1.807, 2.05) is 23.1 Å². The molecule has 0 radical (unpaired) electrons. The van der Waals surface area contributed by atoms with Gasteiger partial charge >= 0.3 is 6.01 Å². The van der Waals surface area contributed by atoms with Crippen LogP contribution >= 0.6 is 11.6 Å². The molecule has 2 aromatic rings. The molecular weight excluding hydrogens is 456 g/mol. The van der Waals surface area contributed by atoms with Gasteiger partial charge < -0.3 is 23.8 Å². The number of rotatable bonds is 10. The molecule has 0 bridgehead atoms. The van der Waals surface area contributed by atoms with E-state index in [2.05, 4.69) is 15.0 Å². The highest BCUT2D eigenvalue weighted by Gasteiger charge is 2.43. The molecule has 1 aromatic heterocycles. The van der Waals surface area contributed by atoms with E-state index in [0.29, 0.717) is 36.5 Å². The van der Waals surface area contributed by atoms with Gasteiger partial charge in [0.05, 0.1) is 13.0 Å². The van der Waals surface area contributed by atoms with Crippen LogP contribution in [0.3, 0.4) is 0 Å². The van der Waals surface area contributed by atoms with Crippen molar-refractivity contribution in [3.8, 4) is 5.75 Å². The molecule has 0 unspecified atom stereocenters. The predicted molar refractivity (Wildman–Crippen MR) is 128 cm³/mol. The van der Waals surface area contributed by atoms with Gasteiger partial charge in [-0.15, -0.1) is 0 Å². The molecule has 1 aliphatic carbocycles. The normalized spacial score (nSPS) is 22.5. The minimum Gasteiger partial charge on any atom is -0.494 e. The van der Waals surface area contributed by atoms with Crippen LogP contribution in [0.15, 0.2) is 22.7 Å². The second kappa shape index (κ2) is 10.5. The van der Waals surface area contributed by atoms with Gasteiger partial charge in [0.1, 0.15) is 12.4 Å². The monoisotopic (exact) mass is 488 g/mol. The van der Waals surface area contributed by atoms with Crippen molar-refractivity contribution in [1.29, 1.82) is 0 Å². The summed E-state index contributed by atoms with van der Waals surface area (Å²) in [7, 11) is 1.63. The molecule has 1 amide bonds. The molecule has 3 fully saturated rings. The summed E-state index contributed by atoms with van der Waals surface area (Å²) in [6.45, 7) is 4.74. The van der Waals surface area contributed by atoms with Crippen molar-refractivity contribution >= 4 is 23.5 Å². The van der Waals surface area contributed by atoms with Crippen LogP contribution in [0.1, 0.15) is 43.5 Å². The zero-order chi connectivity index (χ0) is 23.5. The second-order valence-corrected chi connectivity index (χ2v) is 10.1. The van der Waals surface area contributed by atoms with E-state index in [9.17, 15) is 4.79 Å². The molecule has 2 atom stereocenters. The maximum atomic E-state index is 12.2. The van der Waals surface area contributed by atoms with Crippen LogP contribution in [0.2, 0.25) is 5.02 Å². The van der Waals surface area contributed by atoms with E-state index in [4.69, 9.17) is 25.6 Å². The van der Waals surface area contributed by atoms with E-state index in [-0.39, 0.29) is 5.91 Å². The molecule has 1 saturated carbocycles. The molecule has 34 heavy (non-hydrogen) atoms. The number of halogens is 1. The fraction of sp³-hybridized carbons (Fsp3) is 0.640. The van der Waals surface area contributed by atoms with Gasteiger partial charge in [-0.25, -0.2) is 0 Å². The molecule has 1 aromatic carbocycles. The van der Waals surface area contributed by atoms with Crippen LogP contribution in [0.4, 0.5) is 6.01 Å². The average molecular weight is 489 g/mol. The Balaban J connectivity index is 1.01. The van der Waals surface area contributed by atoms with Crippen LogP contribution in [-0.2, 0) is 22.6 Å². The number of carbonyl (C=O) groups excluding carboxylic acids is 1. The summed E-state index contributed by atoms with van der Waals surface area (Å²) < 4.78 is 16.4. The Bertz CT molecular complexity index is 987. The lowest BCUT2D eigenvalue weighted by Crippen LogP contribution is -2.42. The summed E-state index contributed by atoms with van der Waals surface area (Å²) in [5, 5.41) is 4.57. The van der Waals surface area contributed by atoms with Gasteiger partial charge in [0.15, 0.2) is 5.82 Å². The quantitative estimate of drug-likeness (QED) is 0.500. The van der Waals surface area contributed by atoms with Gasteiger partial charge in [-0.3, -0.25) is 4.79 Å². The zero-order valence-electron chi connectivity index (χ0n) is 19.7. The van der Waals surface area contributed by atoms with E-state index in [0.717, 1.165) is 80.9 Å². The summed E-state index contributed by atoms with van der Waals surface area (Å²) in [4.78, 5) is 20.7. The van der Waals surface area contributed by atoms with Crippen LogP contribution in [0.25, 0.3) is 0 Å². The first-order valence-electron chi connectivity index (χ1n) is 12.4. The van der Waals surface area contributed by atoms with Crippen molar-refractivity contribution in [2.24, 2.45) is 17.8 Å². The Labute approximate surface area is 205 Å². The minimum atomic E-state index is 0.153. The number of amides is 1. The molecule has 2 saturated heterocycles. The van der Waals surface area contributed by atoms with Gasteiger partial charge in [-0.05, 0) is 67.6 Å². The number of likely N-dealkylation sites (tertiary alicyclic amines) is 1. The average Bonchev–Trinajstić information content (AvgIpc) is 3.41. The molecule has 9 heteroatoms. The number of piperidine rings is 1. The van der Waals surface area contributed by atoms with E-state index >= 15 is 0 Å². The summed E-state index contributed by atoms with van der Waals surface area (Å²) in [5.74, 6) is 3.84. The summed E-state index contributed by atoms with van der Waals surface area (Å²) >= 11 is 6.41. The Kier molecular flexibility index (Phi) is 7.25. The lowest BCUT2D eigenvalue weighted by Gasteiger charge is -2.31. The number of hydrogen-bond donors (Lipinski definition) is 0.